The number of phenolic OH excluding ortho intramolecular Hbond substituents is 1. The molecule has 0 aliphatic rings. The highest BCUT2D eigenvalue weighted by Crippen LogP contribution is 2.20. The highest BCUT2D eigenvalue weighted by atomic mass is 19.1. The largest absolute Gasteiger partial charge is 0.508 e. The van der Waals surface area contributed by atoms with E-state index in [0.29, 0.717) is 5.95 Å². The first kappa shape index (κ1) is 11.3. The van der Waals surface area contributed by atoms with Crippen LogP contribution in [0.15, 0.2) is 36.7 Å². The number of phenols is 1. The van der Waals surface area contributed by atoms with Crippen molar-refractivity contribution in [3.63, 3.8) is 0 Å². The van der Waals surface area contributed by atoms with Crippen molar-refractivity contribution in [2.75, 3.05) is 5.32 Å². The first-order chi connectivity index (χ1) is 8.15. The van der Waals surface area contributed by atoms with Gasteiger partial charge < -0.3 is 10.4 Å². The molecule has 1 heterocycles. The van der Waals surface area contributed by atoms with E-state index >= 15 is 0 Å². The van der Waals surface area contributed by atoms with Crippen molar-refractivity contribution >= 4 is 5.95 Å². The van der Waals surface area contributed by atoms with E-state index in [1.807, 2.05) is 13.0 Å². The Morgan fingerprint density at radius 2 is 2.00 bits per heavy atom. The van der Waals surface area contributed by atoms with Crippen molar-refractivity contribution in [2.45, 2.75) is 13.0 Å². The van der Waals surface area contributed by atoms with Crippen LogP contribution in [0.1, 0.15) is 18.5 Å². The van der Waals surface area contributed by atoms with E-state index in [-0.39, 0.29) is 11.8 Å². The fourth-order valence-electron chi connectivity index (χ4n) is 1.46. The van der Waals surface area contributed by atoms with Crippen LogP contribution in [0.2, 0.25) is 0 Å². The smallest absolute Gasteiger partial charge is 0.223 e. The highest BCUT2D eigenvalue weighted by Gasteiger charge is 2.07. The molecule has 17 heavy (non-hydrogen) atoms. The van der Waals surface area contributed by atoms with Gasteiger partial charge in [-0.25, -0.2) is 14.4 Å². The number of aromatic nitrogens is 2. The van der Waals surface area contributed by atoms with Gasteiger partial charge in [-0.2, -0.15) is 0 Å². The van der Waals surface area contributed by atoms with Gasteiger partial charge in [-0.1, -0.05) is 12.1 Å². The lowest BCUT2D eigenvalue weighted by atomic mass is 10.1. The van der Waals surface area contributed by atoms with E-state index in [1.54, 1.807) is 18.2 Å². The zero-order valence-corrected chi connectivity index (χ0v) is 9.26. The predicted octanol–water partition coefficient (Wildman–Crippen LogP) is 2.49. The molecule has 2 rings (SSSR count). The number of rotatable bonds is 3. The van der Waals surface area contributed by atoms with Gasteiger partial charge in [0.05, 0.1) is 18.4 Å². The molecule has 0 amide bonds. The van der Waals surface area contributed by atoms with Gasteiger partial charge in [-0.05, 0) is 24.6 Å². The Morgan fingerprint density at radius 1 is 1.29 bits per heavy atom. The van der Waals surface area contributed by atoms with Crippen LogP contribution >= 0.6 is 0 Å². The molecular weight excluding hydrogens is 221 g/mol. The van der Waals surface area contributed by atoms with Crippen molar-refractivity contribution < 1.29 is 9.50 Å². The number of hydrogen-bond donors (Lipinski definition) is 2. The number of nitrogens with zero attached hydrogens (tertiary/aromatic N) is 2. The number of anilines is 1. The molecule has 0 fully saturated rings. The molecule has 1 aromatic heterocycles. The average Bonchev–Trinajstić information content (AvgIpc) is 2.32. The Hall–Kier alpha value is -2.17. The Kier molecular flexibility index (Phi) is 3.18. The maximum Gasteiger partial charge on any atom is 0.223 e. The number of benzene rings is 1. The minimum atomic E-state index is -0.472. The topological polar surface area (TPSA) is 58.0 Å². The van der Waals surface area contributed by atoms with Crippen LogP contribution in [0.25, 0.3) is 0 Å². The molecule has 2 N–H and O–H groups in total. The Labute approximate surface area is 98.2 Å². The van der Waals surface area contributed by atoms with E-state index in [2.05, 4.69) is 15.3 Å². The molecule has 0 bridgehead atoms. The Morgan fingerprint density at radius 3 is 2.65 bits per heavy atom. The molecule has 0 radical (unpaired) electrons. The molecular formula is C12H12FN3O. The second kappa shape index (κ2) is 4.78. The number of hydrogen-bond acceptors (Lipinski definition) is 4. The molecule has 0 aliphatic carbocycles. The summed E-state index contributed by atoms with van der Waals surface area (Å²) >= 11 is 0. The fraction of sp³-hybridized carbons (Fsp3) is 0.167. The fourth-order valence-corrected chi connectivity index (χ4v) is 1.46. The van der Waals surface area contributed by atoms with Gasteiger partial charge in [0.15, 0.2) is 5.82 Å². The second-order valence-corrected chi connectivity index (χ2v) is 3.69. The van der Waals surface area contributed by atoms with Gasteiger partial charge in [0, 0.05) is 0 Å². The summed E-state index contributed by atoms with van der Waals surface area (Å²) in [5.74, 6) is 0.0824. The van der Waals surface area contributed by atoms with Gasteiger partial charge in [0.1, 0.15) is 5.75 Å². The molecule has 0 unspecified atom stereocenters. The maximum atomic E-state index is 12.6. The summed E-state index contributed by atoms with van der Waals surface area (Å²) in [6, 6.07) is 6.81. The Bertz CT molecular complexity index is 501. The van der Waals surface area contributed by atoms with Crippen molar-refractivity contribution in [3.8, 4) is 5.75 Å². The van der Waals surface area contributed by atoms with E-state index in [4.69, 9.17) is 0 Å². The molecule has 0 saturated carbocycles. The summed E-state index contributed by atoms with van der Waals surface area (Å²) in [6.07, 6.45) is 2.20. The minimum Gasteiger partial charge on any atom is -0.508 e. The van der Waals surface area contributed by atoms with Crippen molar-refractivity contribution in [3.05, 3.63) is 48.0 Å². The molecule has 2 aromatic rings. The number of aromatic hydroxyl groups is 1. The van der Waals surface area contributed by atoms with Gasteiger partial charge in [0.2, 0.25) is 5.95 Å². The monoisotopic (exact) mass is 233 g/mol. The van der Waals surface area contributed by atoms with Crippen LogP contribution in [0.4, 0.5) is 10.3 Å². The third-order valence-electron chi connectivity index (χ3n) is 2.34. The average molecular weight is 233 g/mol. The van der Waals surface area contributed by atoms with Crippen LogP contribution in [0.5, 0.6) is 5.75 Å². The molecule has 1 aromatic carbocycles. The summed E-state index contributed by atoms with van der Waals surface area (Å²) in [5, 5.41) is 12.4. The molecule has 0 spiro atoms. The first-order valence-electron chi connectivity index (χ1n) is 5.18. The summed E-state index contributed by atoms with van der Waals surface area (Å²) in [6.45, 7) is 1.90. The van der Waals surface area contributed by atoms with Crippen LogP contribution in [0.3, 0.4) is 0 Å². The number of nitrogens with one attached hydrogen (secondary N) is 1. The molecule has 1 atom stereocenters. The molecule has 4 nitrogen and oxygen atoms in total. The molecule has 88 valence electrons. The highest BCUT2D eigenvalue weighted by molar-refractivity contribution is 5.34. The molecule has 0 aliphatic heterocycles. The summed E-state index contributed by atoms with van der Waals surface area (Å²) < 4.78 is 12.6. The third kappa shape index (κ3) is 2.90. The number of halogens is 1. The lowest BCUT2D eigenvalue weighted by Crippen LogP contribution is -2.09. The summed E-state index contributed by atoms with van der Waals surface area (Å²) in [5.41, 5.74) is 0.901. The van der Waals surface area contributed by atoms with Gasteiger partial charge in [-0.15, -0.1) is 0 Å². The van der Waals surface area contributed by atoms with Crippen molar-refractivity contribution in [1.82, 2.24) is 9.97 Å². The van der Waals surface area contributed by atoms with E-state index in [0.717, 1.165) is 18.0 Å². The van der Waals surface area contributed by atoms with Gasteiger partial charge in [0.25, 0.3) is 0 Å². The van der Waals surface area contributed by atoms with E-state index < -0.39 is 5.82 Å². The lowest BCUT2D eigenvalue weighted by Gasteiger charge is -2.14. The summed E-state index contributed by atoms with van der Waals surface area (Å²) in [7, 11) is 0. The van der Waals surface area contributed by atoms with Crippen molar-refractivity contribution in [2.24, 2.45) is 0 Å². The normalized spacial score (nSPS) is 12.1. The third-order valence-corrected chi connectivity index (χ3v) is 2.34. The zero-order chi connectivity index (χ0) is 12.3. The lowest BCUT2D eigenvalue weighted by molar-refractivity contribution is 0.474. The quantitative estimate of drug-likeness (QED) is 0.855. The molecule has 5 heteroatoms. The van der Waals surface area contributed by atoms with Gasteiger partial charge >= 0.3 is 0 Å². The van der Waals surface area contributed by atoms with E-state index in [1.165, 1.54) is 0 Å². The maximum absolute atomic E-state index is 12.6. The second-order valence-electron chi connectivity index (χ2n) is 3.69. The standard InChI is InChI=1S/C12H12FN3O/c1-8(9-3-2-4-11(17)5-9)16-12-14-6-10(13)7-15-12/h2-8,17H,1H3,(H,14,15,16)/t8-/m1/s1. The van der Waals surface area contributed by atoms with Gasteiger partial charge in [-0.3, -0.25) is 0 Å². The van der Waals surface area contributed by atoms with Crippen LogP contribution in [0, 0.1) is 5.82 Å². The van der Waals surface area contributed by atoms with E-state index in [9.17, 15) is 9.50 Å². The predicted molar refractivity (Wildman–Crippen MR) is 62.1 cm³/mol. The minimum absolute atomic E-state index is 0.0763. The van der Waals surface area contributed by atoms with Crippen LogP contribution in [-0.2, 0) is 0 Å². The van der Waals surface area contributed by atoms with Crippen molar-refractivity contribution in [1.29, 1.82) is 0 Å². The Balaban J connectivity index is 2.11. The van der Waals surface area contributed by atoms with Crippen LogP contribution < -0.4 is 5.32 Å². The molecule has 0 saturated heterocycles. The SMILES string of the molecule is C[C@@H](Nc1ncc(F)cn1)c1cccc(O)c1. The first-order valence-corrected chi connectivity index (χ1v) is 5.18. The van der Waals surface area contributed by atoms with Crippen LogP contribution in [-0.4, -0.2) is 15.1 Å². The summed E-state index contributed by atoms with van der Waals surface area (Å²) in [4.78, 5) is 7.61. The zero-order valence-electron chi connectivity index (χ0n) is 9.26.